The molecule has 0 radical (unpaired) electrons. The molecule has 2 aromatic carbocycles. The van der Waals surface area contributed by atoms with Gasteiger partial charge in [-0.3, -0.25) is 0 Å². The molecule has 0 aromatic heterocycles. The standard InChI is InChI=1S/C19H24FN/c1-12-8-14(3)19(15(4)9-12)18(21-5)11-16-6-7-17(20)10-13(16)2/h6-10,18,21H,11H2,1-5H3. The molecule has 1 nitrogen and oxygen atoms in total. The van der Waals surface area contributed by atoms with Crippen molar-refractivity contribution in [1.82, 2.24) is 5.32 Å². The molecule has 0 aliphatic carbocycles. The summed E-state index contributed by atoms with van der Waals surface area (Å²) in [4.78, 5) is 0. The van der Waals surface area contributed by atoms with Gasteiger partial charge in [0.05, 0.1) is 0 Å². The smallest absolute Gasteiger partial charge is 0.123 e. The third kappa shape index (κ3) is 3.51. The third-order valence-electron chi connectivity index (χ3n) is 4.16. The molecule has 0 amide bonds. The Morgan fingerprint density at radius 2 is 1.57 bits per heavy atom. The molecule has 2 heteroatoms. The van der Waals surface area contributed by atoms with Gasteiger partial charge in [-0.25, -0.2) is 4.39 Å². The molecule has 112 valence electrons. The number of hydrogen-bond acceptors (Lipinski definition) is 1. The van der Waals surface area contributed by atoms with E-state index in [1.807, 2.05) is 20.0 Å². The fraction of sp³-hybridized carbons (Fsp3) is 0.368. The topological polar surface area (TPSA) is 12.0 Å². The second-order valence-electron chi connectivity index (χ2n) is 5.93. The van der Waals surface area contributed by atoms with E-state index in [0.29, 0.717) is 0 Å². The zero-order valence-corrected chi connectivity index (χ0v) is 13.5. The highest BCUT2D eigenvalue weighted by Crippen LogP contribution is 2.27. The fourth-order valence-corrected chi connectivity index (χ4v) is 3.20. The lowest BCUT2D eigenvalue weighted by atomic mass is 9.89. The van der Waals surface area contributed by atoms with Gasteiger partial charge in [0.25, 0.3) is 0 Å². The molecule has 0 fully saturated rings. The average Bonchev–Trinajstić information content (AvgIpc) is 2.39. The van der Waals surface area contributed by atoms with E-state index < -0.39 is 0 Å². The Bertz CT molecular complexity index is 623. The van der Waals surface area contributed by atoms with Gasteiger partial charge in [-0.05, 0) is 81.1 Å². The molecular formula is C19H24FN. The van der Waals surface area contributed by atoms with Gasteiger partial charge in [-0.15, -0.1) is 0 Å². The van der Waals surface area contributed by atoms with Gasteiger partial charge in [-0.2, -0.15) is 0 Å². The van der Waals surface area contributed by atoms with Crippen LogP contribution in [0.2, 0.25) is 0 Å². The minimum absolute atomic E-state index is 0.167. The number of hydrogen-bond donors (Lipinski definition) is 1. The summed E-state index contributed by atoms with van der Waals surface area (Å²) in [6, 6.07) is 9.75. The average molecular weight is 285 g/mol. The number of halogens is 1. The highest BCUT2D eigenvalue weighted by Gasteiger charge is 2.16. The Morgan fingerprint density at radius 1 is 0.952 bits per heavy atom. The Kier molecular flexibility index (Phi) is 4.79. The first-order chi connectivity index (χ1) is 9.92. The van der Waals surface area contributed by atoms with Crippen LogP contribution in [-0.2, 0) is 6.42 Å². The van der Waals surface area contributed by atoms with E-state index in [1.54, 1.807) is 12.1 Å². The summed E-state index contributed by atoms with van der Waals surface area (Å²) in [5.74, 6) is -0.167. The monoisotopic (exact) mass is 285 g/mol. The third-order valence-corrected chi connectivity index (χ3v) is 4.16. The maximum atomic E-state index is 13.2. The molecule has 0 saturated heterocycles. The minimum Gasteiger partial charge on any atom is -0.313 e. The van der Waals surface area contributed by atoms with Crippen molar-refractivity contribution in [2.45, 2.75) is 40.2 Å². The zero-order valence-electron chi connectivity index (χ0n) is 13.5. The van der Waals surface area contributed by atoms with Crippen LogP contribution in [0.1, 0.15) is 39.4 Å². The van der Waals surface area contributed by atoms with E-state index in [0.717, 1.165) is 12.0 Å². The molecule has 1 atom stereocenters. The van der Waals surface area contributed by atoms with Crippen molar-refractivity contribution in [2.24, 2.45) is 0 Å². The normalized spacial score (nSPS) is 12.5. The SMILES string of the molecule is CNC(Cc1ccc(F)cc1C)c1c(C)cc(C)cc1C. The van der Waals surface area contributed by atoms with E-state index in [9.17, 15) is 4.39 Å². The molecular weight excluding hydrogens is 261 g/mol. The largest absolute Gasteiger partial charge is 0.313 e. The summed E-state index contributed by atoms with van der Waals surface area (Å²) in [7, 11) is 1.99. The van der Waals surface area contributed by atoms with Gasteiger partial charge < -0.3 is 5.32 Å². The Balaban J connectivity index is 2.37. The predicted molar refractivity (Wildman–Crippen MR) is 87.3 cm³/mol. The molecule has 0 aliphatic rings. The number of benzene rings is 2. The summed E-state index contributed by atoms with van der Waals surface area (Å²) in [5.41, 5.74) is 7.47. The maximum absolute atomic E-state index is 13.2. The van der Waals surface area contributed by atoms with Crippen LogP contribution < -0.4 is 5.32 Å². The summed E-state index contributed by atoms with van der Waals surface area (Å²) < 4.78 is 13.2. The number of likely N-dealkylation sites (N-methyl/N-ethyl adjacent to an activating group) is 1. The van der Waals surface area contributed by atoms with E-state index in [-0.39, 0.29) is 11.9 Å². The van der Waals surface area contributed by atoms with Gasteiger partial charge in [0.1, 0.15) is 5.82 Å². The molecule has 21 heavy (non-hydrogen) atoms. The molecule has 0 heterocycles. The van der Waals surface area contributed by atoms with Crippen LogP contribution in [0, 0.1) is 33.5 Å². The van der Waals surface area contributed by atoms with Crippen LogP contribution in [0.4, 0.5) is 4.39 Å². The van der Waals surface area contributed by atoms with Crippen molar-refractivity contribution < 1.29 is 4.39 Å². The maximum Gasteiger partial charge on any atom is 0.123 e. The van der Waals surface area contributed by atoms with Crippen molar-refractivity contribution in [1.29, 1.82) is 0 Å². The van der Waals surface area contributed by atoms with E-state index in [2.05, 4.69) is 38.2 Å². The van der Waals surface area contributed by atoms with Gasteiger partial charge in [0, 0.05) is 6.04 Å². The molecule has 1 unspecified atom stereocenters. The summed E-state index contributed by atoms with van der Waals surface area (Å²) in [5, 5.41) is 3.42. The summed E-state index contributed by atoms with van der Waals surface area (Å²) in [6.07, 6.45) is 0.868. The van der Waals surface area contributed by atoms with Crippen LogP contribution in [-0.4, -0.2) is 7.05 Å². The number of nitrogens with one attached hydrogen (secondary N) is 1. The molecule has 0 aliphatic heterocycles. The highest BCUT2D eigenvalue weighted by atomic mass is 19.1. The Hall–Kier alpha value is -1.67. The van der Waals surface area contributed by atoms with E-state index in [1.165, 1.54) is 27.8 Å². The van der Waals surface area contributed by atoms with Crippen molar-refractivity contribution >= 4 is 0 Å². The van der Waals surface area contributed by atoms with Gasteiger partial charge in [0.2, 0.25) is 0 Å². The first kappa shape index (κ1) is 15.7. The highest BCUT2D eigenvalue weighted by molar-refractivity contribution is 5.41. The second kappa shape index (κ2) is 6.40. The quantitative estimate of drug-likeness (QED) is 0.868. The van der Waals surface area contributed by atoms with Crippen molar-refractivity contribution in [2.75, 3.05) is 7.05 Å². The van der Waals surface area contributed by atoms with Crippen LogP contribution in [0.5, 0.6) is 0 Å². The molecule has 0 bridgehead atoms. The van der Waals surface area contributed by atoms with Crippen molar-refractivity contribution in [3.05, 3.63) is 69.5 Å². The first-order valence-electron chi connectivity index (χ1n) is 7.42. The van der Waals surface area contributed by atoms with Gasteiger partial charge in [0.15, 0.2) is 0 Å². The van der Waals surface area contributed by atoms with E-state index >= 15 is 0 Å². The lowest BCUT2D eigenvalue weighted by Gasteiger charge is -2.23. The fourth-order valence-electron chi connectivity index (χ4n) is 3.20. The van der Waals surface area contributed by atoms with Crippen molar-refractivity contribution in [3.63, 3.8) is 0 Å². The number of rotatable bonds is 4. The van der Waals surface area contributed by atoms with Crippen molar-refractivity contribution in [3.8, 4) is 0 Å². The predicted octanol–water partition coefficient (Wildman–Crippen LogP) is 4.56. The second-order valence-corrected chi connectivity index (χ2v) is 5.93. The number of aryl methyl sites for hydroxylation is 4. The van der Waals surface area contributed by atoms with Gasteiger partial charge >= 0.3 is 0 Å². The first-order valence-corrected chi connectivity index (χ1v) is 7.42. The van der Waals surface area contributed by atoms with Crippen LogP contribution in [0.15, 0.2) is 30.3 Å². The van der Waals surface area contributed by atoms with Crippen LogP contribution in [0.25, 0.3) is 0 Å². The lowest BCUT2D eigenvalue weighted by molar-refractivity contribution is 0.581. The Labute approximate surface area is 127 Å². The van der Waals surface area contributed by atoms with Crippen LogP contribution >= 0.6 is 0 Å². The lowest BCUT2D eigenvalue weighted by Crippen LogP contribution is -2.21. The molecule has 1 N–H and O–H groups in total. The summed E-state index contributed by atoms with van der Waals surface area (Å²) in [6.45, 7) is 8.43. The molecule has 0 saturated carbocycles. The van der Waals surface area contributed by atoms with E-state index in [4.69, 9.17) is 0 Å². The molecule has 2 rings (SSSR count). The molecule has 0 spiro atoms. The summed E-state index contributed by atoms with van der Waals surface area (Å²) >= 11 is 0. The van der Waals surface area contributed by atoms with Crippen LogP contribution in [0.3, 0.4) is 0 Å². The van der Waals surface area contributed by atoms with Gasteiger partial charge in [-0.1, -0.05) is 23.8 Å². The Morgan fingerprint density at radius 3 is 2.10 bits per heavy atom. The zero-order chi connectivity index (χ0) is 15.6. The molecule has 2 aromatic rings. The minimum atomic E-state index is -0.167.